The molecule has 1 aromatic carbocycles. The van der Waals surface area contributed by atoms with E-state index in [2.05, 4.69) is 31.2 Å². The molecule has 9 nitrogen and oxygen atoms in total. The summed E-state index contributed by atoms with van der Waals surface area (Å²) in [5.41, 5.74) is 4.63. The van der Waals surface area contributed by atoms with Crippen LogP contribution >= 0.6 is 0 Å². The van der Waals surface area contributed by atoms with E-state index in [1.165, 1.54) is 5.56 Å². The summed E-state index contributed by atoms with van der Waals surface area (Å²) in [5.74, 6) is 0. The third-order valence-corrected chi connectivity index (χ3v) is 6.22. The maximum Gasteiger partial charge on any atom is 0.508 e. The molecule has 1 aliphatic heterocycles. The summed E-state index contributed by atoms with van der Waals surface area (Å²) < 4.78 is 17.6. The molecule has 2 heterocycles. The van der Waals surface area contributed by atoms with Crippen LogP contribution in [0, 0.1) is 6.92 Å². The number of carbonyl (C=O) groups excluding carboxylic acids is 1. The van der Waals surface area contributed by atoms with Gasteiger partial charge >= 0.3 is 6.16 Å². The van der Waals surface area contributed by atoms with E-state index >= 15 is 0 Å². The molecule has 1 saturated heterocycles. The second-order valence-electron chi connectivity index (χ2n) is 8.90. The highest BCUT2D eigenvalue weighted by Gasteiger charge is 2.46. The summed E-state index contributed by atoms with van der Waals surface area (Å²) in [6.07, 6.45) is -5.82. The summed E-state index contributed by atoms with van der Waals surface area (Å²) in [4.78, 5) is 11.6. The molecule has 1 fully saturated rings. The lowest BCUT2D eigenvalue weighted by molar-refractivity contribution is -0.233. The topological polar surface area (TPSA) is 123 Å². The van der Waals surface area contributed by atoms with Crippen LogP contribution in [0.15, 0.2) is 24.3 Å². The Kier molecular flexibility index (Phi) is 8.70. The van der Waals surface area contributed by atoms with Crippen LogP contribution in [0.1, 0.15) is 67.9 Å². The molecule has 3 N–H and O–H groups in total. The van der Waals surface area contributed by atoms with Crippen molar-refractivity contribution in [2.45, 2.75) is 84.0 Å². The molecule has 0 bridgehead atoms. The summed E-state index contributed by atoms with van der Waals surface area (Å²) >= 11 is 0. The highest BCUT2D eigenvalue weighted by molar-refractivity contribution is 5.59. The molecule has 34 heavy (non-hydrogen) atoms. The first kappa shape index (κ1) is 26.2. The third-order valence-electron chi connectivity index (χ3n) is 6.22. The van der Waals surface area contributed by atoms with Gasteiger partial charge in [-0.05, 0) is 45.2 Å². The lowest BCUT2D eigenvalue weighted by Gasteiger charge is -2.40. The van der Waals surface area contributed by atoms with Crippen molar-refractivity contribution in [1.29, 1.82) is 0 Å². The van der Waals surface area contributed by atoms with Crippen molar-refractivity contribution < 1.29 is 34.3 Å². The molecule has 1 aromatic heterocycles. The predicted octanol–water partition coefficient (Wildman–Crippen LogP) is 2.62. The van der Waals surface area contributed by atoms with Gasteiger partial charge in [-0.3, -0.25) is 4.68 Å². The van der Waals surface area contributed by atoms with Crippen LogP contribution in [-0.2, 0) is 27.1 Å². The van der Waals surface area contributed by atoms with E-state index < -0.39 is 36.7 Å². The minimum absolute atomic E-state index is 0.0640. The number of nitrogens with zero attached hydrogens (tertiary/aromatic N) is 2. The Morgan fingerprint density at radius 3 is 2.29 bits per heavy atom. The highest BCUT2D eigenvalue weighted by atomic mass is 16.7. The highest BCUT2D eigenvalue weighted by Crippen LogP contribution is 2.36. The Balaban J connectivity index is 1.93. The normalized spacial score (nSPS) is 24.9. The average Bonchev–Trinajstić information content (AvgIpc) is 3.14. The van der Waals surface area contributed by atoms with Gasteiger partial charge in [-0.25, -0.2) is 4.79 Å². The summed E-state index contributed by atoms with van der Waals surface area (Å²) in [6, 6.07) is 8.38. The second kappa shape index (κ2) is 11.3. The monoisotopic (exact) mass is 476 g/mol. The van der Waals surface area contributed by atoms with Crippen LogP contribution in [0.25, 0.3) is 0 Å². The predicted molar refractivity (Wildman–Crippen MR) is 125 cm³/mol. The standard InChI is InChI=1S/C25H36N2O7/c1-6-16-8-10-17(11-9-16)12-18-15(5)27(14(3)4)26-20(18)24-23(30)22(29)21(28)19(34-24)13-33-25(31)32-7-2/h8-11,14,19,21-24,28-30H,6-7,12-13H2,1-5H3/t19-,21-,22+,23-,24+/m1/s1. The number of aromatic nitrogens is 2. The quantitative estimate of drug-likeness (QED) is 0.497. The van der Waals surface area contributed by atoms with Gasteiger partial charge in [0.1, 0.15) is 37.1 Å². The Bertz CT molecular complexity index is 957. The molecule has 0 amide bonds. The number of benzene rings is 1. The van der Waals surface area contributed by atoms with Gasteiger partial charge < -0.3 is 29.5 Å². The summed E-state index contributed by atoms with van der Waals surface area (Å²) in [5, 5.41) is 36.5. The first-order chi connectivity index (χ1) is 16.2. The van der Waals surface area contributed by atoms with Crippen molar-refractivity contribution in [2.75, 3.05) is 13.2 Å². The molecule has 9 heteroatoms. The molecule has 0 radical (unpaired) electrons. The largest absolute Gasteiger partial charge is 0.508 e. The van der Waals surface area contributed by atoms with Crippen LogP contribution in [-0.4, -0.2) is 68.9 Å². The van der Waals surface area contributed by atoms with E-state index in [0.29, 0.717) is 12.1 Å². The maximum atomic E-state index is 11.6. The van der Waals surface area contributed by atoms with Crippen molar-refractivity contribution in [1.82, 2.24) is 9.78 Å². The second-order valence-corrected chi connectivity index (χ2v) is 8.90. The number of rotatable bonds is 8. The van der Waals surface area contributed by atoms with Crippen LogP contribution in [0.3, 0.4) is 0 Å². The number of ether oxygens (including phenoxy) is 3. The third kappa shape index (κ3) is 5.60. The summed E-state index contributed by atoms with van der Waals surface area (Å²) in [6.45, 7) is 9.55. The first-order valence-corrected chi connectivity index (χ1v) is 11.8. The minimum atomic E-state index is -1.50. The fourth-order valence-corrected chi connectivity index (χ4v) is 4.25. The van der Waals surface area contributed by atoms with E-state index in [9.17, 15) is 20.1 Å². The molecule has 0 aliphatic carbocycles. The Morgan fingerprint density at radius 2 is 1.71 bits per heavy atom. The smallest absolute Gasteiger partial charge is 0.435 e. The Morgan fingerprint density at radius 1 is 1.06 bits per heavy atom. The van der Waals surface area contributed by atoms with Crippen molar-refractivity contribution in [3.05, 3.63) is 52.3 Å². The number of aryl methyl sites for hydroxylation is 1. The molecular formula is C25H36N2O7. The van der Waals surface area contributed by atoms with Gasteiger partial charge in [0, 0.05) is 23.7 Å². The lowest BCUT2D eigenvalue weighted by atomic mass is 9.90. The van der Waals surface area contributed by atoms with Crippen LogP contribution < -0.4 is 0 Å². The van der Waals surface area contributed by atoms with Crippen molar-refractivity contribution in [2.24, 2.45) is 0 Å². The Labute approximate surface area is 200 Å². The van der Waals surface area contributed by atoms with Gasteiger partial charge in [-0.15, -0.1) is 0 Å². The number of aliphatic hydroxyl groups is 3. The van der Waals surface area contributed by atoms with Gasteiger partial charge in [-0.1, -0.05) is 31.2 Å². The lowest BCUT2D eigenvalue weighted by Crippen LogP contribution is -2.55. The van der Waals surface area contributed by atoms with Crippen LogP contribution in [0.5, 0.6) is 0 Å². The van der Waals surface area contributed by atoms with Gasteiger partial charge in [-0.2, -0.15) is 5.10 Å². The van der Waals surface area contributed by atoms with Gasteiger partial charge in [0.2, 0.25) is 0 Å². The molecule has 3 rings (SSSR count). The zero-order valence-corrected chi connectivity index (χ0v) is 20.5. The van der Waals surface area contributed by atoms with Crippen LogP contribution in [0.2, 0.25) is 0 Å². The molecule has 2 aromatic rings. The van der Waals surface area contributed by atoms with Crippen LogP contribution in [0.4, 0.5) is 4.79 Å². The SMILES string of the molecule is CCOC(=O)OC[C@H]1O[C@@H](c2nn(C(C)C)c(C)c2Cc2ccc(CC)cc2)[C@H](O)[C@@H](O)[C@@H]1O. The zero-order valence-electron chi connectivity index (χ0n) is 20.5. The Hall–Kier alpha value is -2.46. The molecule has 0 saturated carbocycles. The van der Waals surface area contributed by atoms with E-state index in [1.54, 1.807) is 6.92 Å². The van der Waals surface area contributed by atoms with E-state index in [0.717, 1.165) is 23.2 Å². The fraction of sp³-hybridized carbons (Fsp3) is 0.600. The van der Waals surface area contributed by atoms with E-state index in [1.807, 2.05) is 25.5 Å². The summed E-state index contributed by atoms with van der Waals surface area (Å²) in [7, 11) is 0. The molecule has 0 unspecified atom stereocenters. The van der Waals surface area contributed by atoms with Gasteiger partial charge in [0.15, 0.2) is 0 Å². The minimum Gasteiger partial charge on any atom is -0.435 e. The molecule has 1 aliphatic rings. The maximum absolute atomic E-state index is 11.6. The molecule has 5 atom stereocenters. The van der Waals surface area contributed by atoms with Gasteiger partial charge in [0.25, 0.3) is 0 Å². The number of aliphatic hydroxyl groups excluding tert-OH is 3. The zero-order chi connectivity index (χ0) is 25.0. The van der Waals surface area contributed by atoms with Crippen molar-refractivity contribution in [3.8, 4) is 0 Å². The molecule has 0 spiro atoms. The van der Waals surface area contributed by atoms with E-state index in [-0.39, 0.29) is 19.3 Å². The number of hydrogen-bond donors (Lipinski definition) is 3. The average molecular weight is 477 g/mol. The molecule has 188 valence electrons. The van der Waals surface area contributed by atoms with Crippen molar-refractivity contribution >= 4 is 6.16 Å². The van der Waals surface area contributed by atoms with Crippen molar-refractivity contribution in [3.63, 3.8) is 0 Å². The van der Waals surface area contributed by atoms with Gasteiger partial charge in [0.05, 0.1) is 12.3 Å². The fourth-order valence-electron chi connectivity index (χ4n) is 4.25. The number of carbonyl (C=O) groups is 1. The number of hydrogen-bond acceptors (Lipinski definition) is 8. The molecular weight excluding hydrogens is 440 g/mol. The van der Waals surface area contributed by atoms with E-state index in [4.69, 9.17) is 19.3 Å². The first-order valence-electron chi connectivity index (χ1n) is 11.8.